The van der Waals surface area contributed by atoms with E-state index in [1.807, 2.05) is 6.26 Å². The highest BCUT2D eigenvalue weighted by Crippen LogP contribution is 2.10. The lowest BCUT2D eigenvalue weighted by molar-refractivity contribution is 0.112. The van der Waals surface area contributed by atoms with Gasteiger partial charge in [0.15, 0.2) is 0 Å². The molecule has 0 atom stereocenters. The summed E-state index contributed by atoms with van der Waals surface area (Å²) in [6.45, 7) is 1.07. The first-order valence-electron chi connectivity index (χ1n) is 4.20. The lowest BCUT2D eigenvalue weighted by Gasteiger charge is -2.04. The standard InChI is InChI=1S/C10H12O3S/c1-14-13-7-6-12-10-4-2-9(8-11)3-5-10/h2-5,8H,6-7H2,1H3. The number of hydrogen-bond acceptors (Lipinski definition) is 4. The second kappa shape index (κ2) is 6.45. The molecule has 0 saturated carbocycles. The summed E-state index contributed by atoms with van der Waals surface area (Å²) in [5.74, 6) is 0.750. The maximum atomic E-state index is 10.4. The maximum absolute atomic E-state index is 10.4. The Morgan fingerprint density at radius 2 is 2.00 bits per heavy atom. The summed E-state index contributed by atoms with van der Waals surface area (Å²) >= 11 is 1.32. The van der Waals surface area contributed by atoms with Gasteiger partial charge >= 0.3 is 0 Å². The normalized spacial score (nSPS) is 9.79. The van der Waals surface area contributed by atoms with Crippen molar-refractivity contribution in [2.45, 2.75) is 0 Å². The van der Waals surface area contributed by atoms with Gasteiger partial charge in [0, 0.05) is 11.8 Å². The highest BCUT2D eigenvalue weighted by molar-refractivity contribution is 7.93. The summed E-state index contributed by atoms with van der Waals surface area (Å²) in [5.41, 5.74) is 0.651. The molecule has 0 amide bonds. The fraction of sp³-hybridized carbons (Fsp3) is 0.300. The molecule has 3 nitrogen and oxygen atoms in total. The Morgan fingerprint density at radius 1 is 1.29 bits per heavy atom. The Bertz CT molecular complexity index is 271. The van der Waals surface area contributed by atoms with Crippen molar-refractivity contribution in [1.82, 2.24) is 0 Å². The van der Waals surface area contributed by atoms with Gasteiger partial charge in [-0.2, -0.15) is 0 Å². The van der Waals surface area contributed by atoms with E-state index >= 15 is 0 Å². The van der Waals surface area contributed by atoms with E-state index < -0.39 is 0 Å². The van der Waals surface area contributed by atoms with Crippen LogP contribution in [0.25, 0.3) is 0 Å². The lowest BCUT2D eigenvalue weighted by Crippen LogP contribution is -2.03. The zero-order valence-corrected chi connectivity index (χ0v) is 8.75. The van der Waals surface area contributed by atoms with Crippen LogP contribution in [0.3, 0.4) is 0 Å². The van der Waals surface area contributed by atoms with Crippen LogP contribution in [-0.4, -0.2) is 25.8 Å². The van der Waals surface area contributed by atoms with Gasteiger partial charge in [-0.3, -0.25) is 4.79 Å². The first kappa shape index (κ1) is 11.1. The Labute approximate surface area is 87.6 Å². The number of aldehydes is 1. The SMILES string of the molecule is CSOCCOc1ccc(C=O)cc1. The van der Waals surface area contributed by atoms with Gasteiger partial charge in [-0.1, -0.05) is 0 Å². The first-order chi connectivity index (χ1) is 6.86. The molecular weight excluding hydrogens is 200 g/mol. The van der Waals surface area contributed by atoms with Crippen LogP contribution in [0, 0.1) is 0 Å². The van der Waals surface area contributed by atoms with Gasteiger partial charge in [0.25, 0.3) is 0 Å². The minimum absolute atomic E-state index is 0.515. The van der Waals surface area contributed by atoms with Crippen molar-refractivity contribution in [3.8, 4) is 5.75 Å². The van der Waals surface area contributed by atoms with Crippen molar-refractivity contribution in [3.63, 3.8) is 0 Å². The summed E-state index contributed by atoms with van der Waals surface area (Å²) in [5, 5.41) is 0. The lowest BCUT2D eigenvalue weighted by atomic mass is 10.2. The predicted molar refractivity (Wildman–Crippen MR) is 56.8 cm³/mol. The predicted octanol–water partition coefficient (Wildman–Crippen LogP) is 2.17. The molecule has 0 saturated heterocycles. The minimum atomic E-state index is 0.515. The number of rotatable bonds is 6. The van der Waals surface area contributed by atoms with Gasteiger partial charge in [-0.25, -0.2) is 0 Å². The van der Waals surface area contributed by atoms with Crippen molar-refractivity contribution in [2.75, 3.05) is 19.5 Å². The van der Waals surface area contributed by atoms with Crippen molar-refractivity contribution in [1.29, 1.82) is 0 Å². The van der Waals surface area contributed by atoms with E-state index in [0.717, 1.165) is 12.0 Å². The summed E-state index contributed by atoms with van der Waals surface area (Å²) in [7, 11) is 0. The molecule has 14 heavy (non-hydrogen) atoms. The van der Waals surface area contributed by atoms with E-state index in [1.165, 1.54) is 12.0 Å². The molecule has 0 aliphatic carbocycles. The Morgan fingerprint density at radius 3 is 2.57 bits per heavy atom. The number of carbonyl (C=O) groups excluding carboxylic acids is 1. The van der Waals surface area contributed by atoms with Crippen LogP contribution in [-0.2, 0) is 4.18 Å². The van der Waals surface area contributed by atoms with E-state index in [-0.39, 0.29) is 0 Å². The zero-order valence-electron chi connectivity index (χ0n) is 7.93. The van der Waals surface area contributed by atoms with Gasteiger partial charge in [0.1, 0.15) is 18.6 Å². The molecule has 0 fully saturated rings. The summed E-state index contributed by atoms with van der Waals surface area (Å²) in [6.07, 6.45) is 2.67. The van der Waals surface area contributed by atoms with Crippen LogP contribution in [0.5, 0.6) is 5.75 Å². The van der Waals surface area contributed by atoms with E-state index in [0.29, 0.717) is 18.8 Å². The van der Waals surface area contributed by atoms with Crippen molar-refractivity contribution in [2.24, 2.45) is 0 Å². The van der Waals surface area contributed by atoms with Crippen LogP contribution >= 0.6 is 12.0 Å². The molecule has 0 aromatic heterocycles. The smallest absolute Gasteiger partial charge is 0.150 e. The third-order valence-corrected chi connectivity index (χ3v) is 1.97. The van der Waals surface area contributed by atoms with Gasteiger partial charge in [-0.05, 0) is 36.3 Å². The van der Waals surface area contributed by atoms with E-state index in [9.17, 15) is 4.79 Å². The fourth-order valence-electron chi connectivity index (χ4n) is 0.919. The van der Waals surface area contributed by atoms with E-state index in [1.54, 1.807) is 24.3 Å². The number of carbonyl (C=O) groups is 1. The van der Waals surface area contributed by atoms with Gasteiger partial charge in [0.2, 0.25) is 0 Å². The topological polar surface area (TPSA) is 35.5 Å². The highest BCUT2D eigenvalue weighted by atomic mass is 32.2. The summed E-state index contributed by atoms with van der Waals surface area (Å²) in [6, 6.07) is 6.97. The monoisotopic (exact) mass is 212 g/mol. The molecule has 1 rings (SSSR count). The average Bonchev–Trinajstić information content (AvgIpc) is 2.25. The molecule has 0 N–H and O–H groups in total. The molecule has 0 heterocycles. The van der Waals surface area contributed by atoms with Crippen molar-refractivity contribution < 1.29 is 13.7 Å². The third kappa shape index (κ3) is 3.81. The fourth-order valence-corrected chi connectivity index (χ4v) is 1.15. The van der Waals surface area contributed by atoms with E-state index in [2.05, 4.69) is 0 Å². The van der Waals surface area contributed by atoms with Crippen LogP contribution in [0.2, 0.25) is 0 Å². The van der Waals surface area contributed by atoms with E-state index in [4.69, 9.17) is 8.92 Å². The van der Waals surface area contributed by atoms with Gasteiger partial charge in [-0.15, -0.1) is 0 Å². The van der Waals surface area contributed by atoms with Crippen molar-refractivity contribution >= 4 is 18.3 Å². The molecule has 0 aliphatic heterocycles. The first-order valence-corrected chi connectivity index (χ1v) is 5.35. The van der Waals surface area contributed by atoms with Crippen LogP contribution in [0.4, 0.5) is 0 Å². The second-order valence-corrected chi connectivity index (χ2v) is 3.09. The summed E-state index contributed by atoms with van der Waals surface area (Å²) in [4.78, 5) is 10.4. The minimum Gasteiger partial charge on any atom is -0.491 e. The Kier molecular flexibility index (Phi) is 5.11. The van der Waals surface area contributed by atoms with Crippen LogP contribution < -0.4 is 4.74 Å². The molecule has 1 aromatic carbocycles. The van der Waals surface area contributed by atoms with Crippen LogP contribution in [0.15, 0.2) is 24.3 Å². The Balaban J connectivity index is 2.32. The number of benzene rings is 1. The molecule has 0 unspecified atom stereocenters. The summed E-state index contributed by atoms with van der Waals surface area (Å²) < 4.78 is 10.4. The number of ether oxygens (including phenoxy) is 1. The zero-order chi connectivity index (χ0) is 10.2. The molecular formula is C10H12O3S. The maximum Gasteiger partial charge on any atom is 0.150 e. The quantitative estimate of drug-likeness (QED) is 0.411. The molecule has 1 aromatic rings. The third-order valence-electron chi connectivity index (χ3n) is 1.57. The van der Waals surface area contributed by atoms with Gasteiger partial charge in [0.05, 0.1) is 6.61 Å². The Hall–Kier alpha value is -1.00. The second-order valence-electron chi connectivity index (χ2n) is 2.52. The van der Waals surface area contributed by atoms with Crippen LogP contribution in [0.1, 0.15) is 10.4 Å². The molecule has 76 valence electrons. The van der Waals surface area contributed by atoms with Crippen molar-refractivity contribution in [3.05, 3.63) is 29.8 Å². The molecule has 4 heteroatoms. The molecule has 0 spiro atoms. The van der Waals surface area contributed by atoms with Gasteiger partial charge < -0.3 is 8.92 Å². The molecule has 0 aliphatic rings. The molecule has 0 radical (unpaired) electrons. The largest absolute Gasteiger partial charge is 0.491 e. The highest BCUT2D eigenvalue weighted by Gasteiger charge is 1.94. The molecule has 0 bridgehead atoms. The number of hydrogen-bond donors (Lipinski definition) is 0. The average molecular weight is 212 g/mol.